The molecule has 0 fully saturated rings. The second-order valence-electron chi connectivity index (χ2n) is 2.25. The van der Waals surface area contributed by atoms with Crippen LogP contribution in [0, 0.1) is 0 Å². The van der Waals surface area contributed by atoms with Crippen molar-refractivity contribution in [2.45, 2.75) is 25.9 Å². The highest BCUT2D eigenvalue weighted by atomic mass is 16.4. The molecule has 0 amide bonds. The van der Waals surface area contributed by atoms with Crippen LogP contribution in [0.25, 0.3) is 0 Å². The van der Waals surface area contributed by atoms with Crippen molar-refractivity contribution in [2.75, 3.05) is 0 Å². The summed E-state index contributed by atoms with van der Waals surface area (Å²) in [4.78, 5) is 19.1. The lowest BCUT2D eigenvalue weighted by molar-refractivity contribution is -0.139. The summed E-state index contributed by atoms with van der Waals surface area (Å²) in [6, 6.07) is -1.46. The third-order valence-corrected chi connectivity index (χ3v) is 0.779. The number of aliphatic carboxylic acids is 2. The van der Waals surface area contributed by atoms with Gasteiger partial charge in [0.2, 0.25) is 0 Å². The van der Waals surface area contributed by atoms with E-state index in [0.29, 0.717) is 0 Å². The first-order chi connectivity index (χ1) is 5.29. The SMILES string of the molecule is C[C@@H](N)C(=O)O.C[C@@H](N)C(=O)O. The summed E-state index contributed by atoms with van der Waals surface area (Å²) in [5, 5.41) is 15.7. The minimum atomic E-state index is -0.963. The van der Waals surface area contributed by atoms with E-state index >= 15 is 0 Å². The van der Waals surface area contributed by atoms with Gasteiger partial charge < -0.3 is 21.7 Å². The summed E-state index contributed by atoms with van der Waals surface area (Å²) in [5.74, 6) is -1.93. The molecule has 0 aliphatic carbocycles. The van der Waals surface area contributed by atoms with Crippen LogP contribution in [0.3, 0.4) is 0 Å². The van der Waals surface area contributed by atoms with Crippen LogP contribution in [0.5, 0.6) is 0 Å². The van der Waals surface area contributed by atoms with E-state index in [2.05, 4.69) is 0 Å². The molecule has 6 heteroatoms. The van der Waals surface area contributed by atoms with Crippen molar-refractivity contribution < 1.29 is 19.8 Å². The maximum atomic E-state index is 9.57. The lowest BCUT2D eigenvalue weighted by atomic mass is 10.4. The molecule has 0 aromatic heterocycles. The third kappa shape index (κ3) is 11.6. The molecular formula is C6H14N2O4. The van der Waals surface area contributed by atoms with Crippen molar-refractivity contribution >= 4 is 11.9 Å². The van der Waals surface area contributed by atoms with E-state index in [1.54, 1.807) is 0 Å². The van der Waals surface area contributed by atoms with E-state index in [0.717, 1.165) is 0 Å². The molecule has 0 aliphatic rings. The molecule has 6 nitrogen and oxygen atoms in total. The lowest BCUT2D eigenvalue weighted by Crippen LogP contribution is -2.25. The van der Waals surface area contributed by atoms with Crippen LogP contribution in [0.2, 0.25) is 0 Å². The molecule has 0 saturated carbocycles. The first-order valence-electron chi connectivity index (χ1n) is 3.25. The van der Waals surface area contributed by atoms with E-state index in [4.69, 9.17) is 21.7 Å². The maximum absolute atomic E-state index is 9.57. The number of hydrogen-bond acceptors (Lipinski definition) is 4. The van der Waals surface area contributed by atoms with Crippen molar-refractivity contribution in [3.8, 4) is 0 Å². The van der Waals surface area contributed by atoms with E-state index < -0.39 is 24.0 Å². The Labute approximate surface area is 70.2 Å². The van der Waals surface area contributed by atoms with E-state index in [1.807, 2.05) is 0 Å². The van der Waals surface area contributed by atoms with Crippen molar-refractivity contribution in [2.24, 2.45) is 11.5 Å². The second-order valence-corrected chi connectivity index (χ2v) is 2.25. The highest BCUT2D eigenvalue weighted by Crippen LogP contribution is 1.68. The van der Waals surface area contributed by atoms with E-state index in [1.165, 1.54) is 13.8 Å². The smallest absolute Gasteiger partial charge is 0.320 e. The van der Waals surface area contributed by atoms with Crippen LogP contribution < -0.4 is 11.5 Å². The Morgan fingerprint density at radius 2 is 1.08 bits per heavy atom. The maximum Gasteiger partial charge on any atom is 0.320 e. The number of rotatable bonds is 2. The molecule has 0 saturated heterocycles. The summed E-state index contributed by atoms with van der Waals surface area (Å²) in [7, 11) is 0. The number of hydrogen-bond donors (Lipinski definition) is 4. The van der Waals surface area contributed by atoms with Gasteiger partial charge in [0.1, 0.15) is 12.1 Å². The van der Waals surface area contributed by atoms with Crippen LogP contribution in [-0.4, -0.2) is 34.2 Å². The zero-order valence-corrected chi connectivity index (χ0v) is 7.02. The number of carboxylic acids is 2. The van der Waals surface area contributed by atoms with Gasteiger partial charge in [0.25, 0.3) is 0 Å². The molecule has 2 atom stereocenters. The summed E-state index contributed by atoms with van der Waals surface area (Å²) in [6.45, 7) is 2.84. The van der Waals surface area contributed by atoms with Gasteiger partial charge in [-0.15, -0.1) is 0 Å². The van der Waals surface area contributed by atoms with Gasteiger partial charge in [-0.1, -0.05) is 0 Å². The number of nitrogens with two attached hydrogens (primary N) is 2. The first-order valence-corrected chi connectivity index (χ1v) is 3.25. The van der Waals surface area contributed by atoms with Gasteiger partial charge in [-0.2, -0.15) is 0 Å². The predicted octanol–water partition coefficient (Wildman–Crippen LogP) is -1.16. The molecule has 6 N–H and O–H groups in total. The molecule has 0 aromatic carbocycles. The second kappa shape index (κ2) is 6.56. The molecule has 72 valence electrons. The van der Waals surface area contributed by atoms with Gasteiger partial charge in [0, 0.05) is 0 Å². The van der Waals surface area contributed by atoms with Crippen LogP contribution in [0.1, 0.15) is 13.8 Å². The molecule has 0 aliphatic heterocycles. The van der Waals surface area contributed by atoms with Crippen LogP contribution in [0.4, 0.5) is 0 Å². The summed E-state index contributed by atoms with van der Waals surface area (Å²) in [6.07, 6.45) is 0. The van der Waals surface area contributed by atoms with Gasteiger partial charge in [0.15, 0.2) is 0 Å². The zero-order chi connectivity index (χ0) is 10.3. The first kappa shape index (κ1) is 13.4. The minimum absolute atomic E-state index is 0.731. The van der Waals surface area contributed by atoms with Crippen molar-refractivity contribution in [3.63, 3.8) is 0 Å². The largest absolute Gasteiger partial charge is 0.480 e. The molecule has 0 radical (unpaired) electrons. The Bertz CT molecular complexity index is 138. The fourth-order valence-electron chi connectivity index (χ4n) is 0. The number of carbonyl (C=O) groups is 2. The fourth-order valence-corrected chi connectivity index (χ4v) is 0. The molecule has 0 heterocycles. The lowest BCUT2D eigenvalue weighted by Gasteiger charge is -1.90. The average Bonchev–Trinajstić information content (AvgIpc) is 1.88. The monoisotopic (exact) mass is 178 g/mol. The summed E-state index contributed by atoms with van der Waals surface area (Å²) < 4.78 is 0. The van der Waals surface area contributed by atoms with Gasteiger partial charge in [-0.3, -0.25) is 9.59 Å². The van der Waals surface area contributed by atoms with Crippen LogP contribution in [0.15, 0.2) is 0 Å². The highest BCUT2D eigenvalue weighted by molar-refractivity contribution is 5.72. The molecule has 0 aromatic rings. The van der Waals surface area contributed by atoms with Gasteiger partial charge in [-0.25, -0.2) is 0 Å². The third-order valence-electron chi connectivity index (χ3n) is 0.779. The standard InChI is InChI=1S/2C3H7NO2/c2*1-2(4)3(5)6/h2*2H,4H2,1H3,(H,5,6)/t2*2-/m11/s1. The van der Waals surface area contributed by atoms with Crippen LogP contribution in [-0.2, 0) is 9.59 Å². The highest BCUT2D eigenvalue weighted by Gasteiger charge is 2.00. The Kier molecular flexibility index (Phi) is 7.36. The summed E-state index contributed by atoms with van der Waals surface area (Å²) in [5.41, 5.74) is 9.67. The summed E-state index contributed by atoms with van der Waals surface area (Å²) >= 11 is 0. The molecule has 0 unspecified atom stereocenters. The quantitative estimate of drug-likeness (QED) is 0.422. The number of carboxylic acid groups (broad SMARTS) is 2. The van der Waals surface area contributed by atoms with Crippen molar-refractivity contribution in [1.82, 2.24) is 0 Å². The molecule has 12 heavy (non-hydrogen) atoms. The van der Waals surface area contributed by atoms with Gasteiger partial charge in [0.05, 0.1) is 0 Å². The Morgan fingerprint density at radius 1 is 1.00 bits per heavy atom. The van der Waals surface area contributed by atoms with Crippen molar-refractivity contribution in [3.05, 3.63) is 0 Å². The fraction of sp³-hybridized carbons (Fsp3) is 0.667. The van der Waals surface area contributed by atoms with Crippen LogP contribution >= 0.6 is 0 Å². The Balaban J connectivity index is 0. The minimum Gasteiger partial charge on any atom is -0.480 e. The van der Waals surface area contributed by atoms with Gasteiger partial charge in [-0.05, 0) is 13.8 Å². The van der Waals surface area contributed by atoms with E-state index in [9.17, 15) is 9.59 Å². The van der Waals surface area contributed by atoms with E-state index in [-0.39, 0.29) is 0 Å². The van der Waals surface area contributed by atoms with Gasteiger partial charge >= 0.3 is 11.9 Å². The Hall–Kier alpha value is -1.14. The Morgan fingerprint density at radius 3 is 1.08 bits per heavy atom. The molecule has 0 spiro atoms. The zero-order valence-electron chi connectivity index (χ0n) is 7.02. The molecule has 0 bridgehead atoms. The topological polar surface area (TPSA) is 127 Å². The van der Waals surface area contributed by atoms with Crippen molar-refractivity contribution in [1.29, 1.82) is 0 Å². The predicted molar refractivity (Wildman–Crippen MR) is 42.6 cm³/mol. The average molecular weight is 178 g/mol. The molecule has 0 rings (SSSR count). The normalized spacial score (nSPS) is 13.7. The molecular weight excluding hydrogens is 164 g/mol.